The van der Waals surface area contributed by atoms with Crippen molar-refractivity contribution in [3.8, 4) is 0 Å². The molecule has 0 aromatic carbocycles. The summed E-state index contributed by atoms with van der Waals surface area (Å²) in [5.41, 5.74) is 1.44. The van der Waals surface area contributed by atoms with E-state index in [0.29, 0.717) is 6.04 Å². The minimum absolute atomic E-state index is 0.531. The van der Waals surface area contributed by atoms with E-state index in [1.807, 2.05) is 0 Å². The van der Waals surface area contributed by atoms with Crippen molar-refractivity contribution in [1.29, 1.82) is 0 Å². The summed E-state index contributed by atoms with van der Waals surface area (Å²) in [4.78, 5) is 2.23. The summed E-state index contributed by atoms with van der Waals surface area (Å²) in [5, 5.41) is 0. The molecule has 0 aromatic rings. The van der Waals surface area contributed by atoms with Crippen LogP contribution in [0.15, 0.2) is 19.0 Å². The third-order valence-corrected chi connectivity index (χ3v) is 5.90. The first-order chi connectivity index (χ1) is 5.65. The molecule has 1 aliphatic heterocycles. The Bertz CT molecular complexity index is 221. The zero-order chi connectivity index (χ0) is 9.14. The molecule has 0 bridgehead atoms. The van der Waals surface area contributed by atoms with Crippen LogP contribution < -0.4 is 0 Å². The quantitative estimate of drug-likeness (QED) is 0.758. The third-order valence-electron chi connectivity index (χ3n) is 2.24. The molecule has 3 heteroatoms. The molecule has 0 amide bonds. The molecule has 65 valence electrons. The van der Waals surface area contributed by atoms with Gasteiger partial charge in [0, 0.05) is 0 Å². The van der Waals surface area contributed by atoms with Gasteiger partial charge in [0.2, 0.25) is 0 Å². The molecule has 0 aliphatic carbocycles. The average molecular weight is 268 g/mol. The summed E-state index contributed by atoms with van der Waals surface area (Å²) in [7, 11) is 5.99. The second-order valence-corrected chi connectivity index (χ2v) is 6.75. The van der Waals surface area contributed by atoms with Gasteiger partial charge in [-0.2, -0.15) is 0 Å². The van der Waals surface area contributed by atoms with Gasteiger partial charge < -0.3 is 0 Å². The molecule has 1 atom stereocenters. The molecule has 0 saturated carbocycles. The fraction of sp³-hybridized carbons (Fsp3) is 0.556. The summed E-state index contributed by atoms with van der Waals surface area (Å²) >= 11 is -0.643. The second kappa shape index (κ2) is 4.38. The van der Waals surface area contributed by atoms with E-state index >= 15 is 0 Å². The van der Waals surface area contributed by atoms with Crippen molar-refractivity contribution < 1.29 is 4.74 Å². The van der Waals surface area contributed by atoms with Crippen molar-refractivity contribution in [2.75, 3.05) is 21.2 Å². The topological polar surface area (TPSA) is 12.5 Å². The van der Waals surface area contributed by atoms with Gasteiger partial charge in [-0.15, -0.1) is 0 Å². The zero-order valence-electron chi connectivity index (χ0n) is 8.16. The van der Waals surface area contributed by atoms with E-state index in [2.05, 4.69) is 35.8 Å². The van der Waals surface area contributed by atoms with Gasteiger partial charge in [-0.25, -0.2) is 0 Å². The average Bonchev–Trinajstić information content (AvgIpc) is 2.50. The van der Waals surface area contributed by atoms with Gasteiger partial charge >= 0.3 is 85.7 Å². The van der Waals surface area contributed by atoms with E-state index in [0.717, 1.165) is 0 Å². The molecule has 1 aliphatic rings. The number of hydrogen-bond donors (Lipinski definition) is 0. The Kier molecular flexibility index (Phi) is 3.72. The molecule has 2 nitrogen and oxygen atoms in total. The molecule has 0 saturated heterocycles. The molecule has 1 unspecified atom stereocenters. The van der Waals surface area contributed by atoms with Crippen LogP contribution in [0.4, 0.5) is 0 Å². The van der Waals surface area contributed by atoms with Crippen molar-refractivity contribution in [3.05, 3.63) is 19.0 Å². The van der Waals surface area contributed by atoms with Crippen molar-refractivity contribution in [2.45, 2.75) is 13.0 Å². The minimum atomic E-state index is -0.643. The van der Waals surface area contributed by atoms with Crippen LogP contribution in [0.25, 0.3) is 0 Å². The maximum atomic E-state index is 5.25. The molecule has 12 heavy (non-hydrogen) atoms. The monoisotopic (exact) mass is 268 g/mol. The van der Waals surface area contributed by atoms with Crippen LogP contribution in [0.3, 0.4) is 0 Å². The molecule has 1 heterocycles. The van der Waals surface area contributed by atoms with Gasteiger partial charge in [0.05, 0.1) is 0 Å². The van der Waals surface area contributed by atoms with Crippen LogP contribution in [-0.4, -0.2) is 55.1 Å². The van der Waals surface area contributed by atoms with Crippen LogP contribution in [-0.2, 0) is 4.74 Å². The molecule has 1 radical (unpaired) electrons. The van der Waals surface area contributed by atoms with Crippen LogP contribution in [0, 0.1) is 0 Å². The standard InChI is InChI=1S/C9H15NO.In/c1-8(6-7-11-5)9(2)10(3)4;/h1,6,9H,2-5H3;. The number of nitrogens with zero attached hydrogens (tertiary/aromatic N) is 1. The number of methoxy groups -OCH3 is 1. The first kappa shape index (κ1) is 10.2. The normalized spacial score (nSPS) is 18.4. The Labute approximate surface area is 85.6 Å². The van der Waals surface area contributed by atoms with Gasteiger partial charge in [-0.3, -0.25) is 0 Å². The summed E-state index contributed by atoms with van der Waals surface area (Å²) in [6.45, 7) is 2.23. The number of likely N-dealkylation sites (N-methyl/N-ethyl adjacent to an activating group) is 1. The van der Waals surface area contributed by atoms with E-state index in [1.165, 1.54) is 9.09 Å². The Balaban J connectivity index is 2.61. The number of hydrogen-bond acceptors (Lipinski definition) is 2. The van der Waals surface area contributed by atoms with Gasteiger partial charge in [0.15, 0.2) is 0 Å². The van der Waals surface area contributed by atoms with Crippen LogP contribution in [0.1, 0.15) is 6.92 Å². The van der Waals surface area contributed by atoms with E-state index in [1.54, 1.807) is 7.11 Å². The Morgan fingerprint density at radius 2 is 2.17 bits per heavy atom. The predicted octanol–water partition coefficient (Wildman–Crippen LogP) is 1.03. The molecule has 0 fully saturated rings. The van der Waals surface area contributed by atoms with E-state index in [-0.39, 0.29) is 0 Å². The predicted molar refractivity (Wildman–Crippen MR) is 52.1 cm³/mol. The summed E-state index contributed by atoms with van der Waals surface area (Å²) < 4.78 is 8.92. The van der Waals surface area contributed by atoms with Gasteiger partial charge in [-0.05, 0) is 0 Å². The summed E-state index contributed by atoms with van der Waals surface area (Å²) in [6, 6.07) is 0.531. The molecule has 1 rings (SSSR count). The van der Waals surface area contributed by atoms with E-state index in [4.69, 9.17) is 4.74 Å². The fourth-order valence-corrected chi connectivity index (χ4v) is 4.42. The number of ether oxygens (including phenoxy) is 1. The molecule has 0 spiro atoms. The van der Waals surface area contributed by atoms with Crippen molar-refractivity contribution in [1.82, 2.24) is 4.90 Å². The van der Waals surface area contributed by atoms with Crippen molar-refractivity contribution in [2.24, 2.45) is 0 Å². The van der Waals surface area contributed by atoms with Crippen molar-refractivity contribution in [3.63, 3.8) is 0 Å². The van der Waals surface area contributed by atoms with E-state index in [9.17, 15) is 0 Å². The van der Waals surface area contributed by atoms with Crippen LogP contribution >= 0.6 is 0 Å². The molecule has 0 aromatic heterocycles. The first-order valence-corrected chi connectivity index (χ1v) is 7.67. The Hall–Kier alpha value is 0.110. The number of rotatable bonds is 3. The van der Waals surface area contributed by atoms with Gasteiger partial charge in [0.25, 0.3) is 0 Å². The SMILES string of the molecule is CO[C]1=CC(C(C)N(C)C)=[CH][In]1. The Morgan fingerprint density at radius 1 is 1.50 bits per heavy atom. The molecule has 0 N–H and O–H groups in total. The van der Waals surface area contributed by atoms with Crippen molar-refractivity contribution >= 4 is 22.9 Å². The Morgan fingerprint density at radius 3 is 2.58 bits per heavy atom. The third kappa shape index (κ3) is 2.30. The van der Waals surface area contributed by atoms with Crippen LogP contribution in [0.2, 0.25) is 0 Å². The molecular weight excluding hydrogens is 253 g/mol. The van der Waals surface area contributed by atoms with Gasteiger partial charge in [0.1, 0.15) is 0 Å². The van der Waals surface area contributed by atoms with Crippen LogP contribution in [0.5, 0.6) is 0 Å². The summed E-state index contributed by atoms with van der Waals surface area (Å²) in [6.07, 6.45) is 2.21. The fourth-order valence-electron chi connectivity index (χ4n) is 1.12. The first-order valence-electron chi connectivity index (χ1n) is 4.12. The maximum absolute atomic E-state index is 5.25. The zero-order valence-corrected chi connectivity index (χ0v) is 11.5. The van der Waals surface area contributed by atoms with Gasteiger partial charge in [-0.1, -0.05) is 0 Å². The second-order valence-electron chi connectivity index (χ2n) is 3.22. The molecular formula is C9H15InNO. The summed E-state index contributed by atoms with van der Waals surface area (Å²) in [5.74, 6) is 0. The van der Waals surface area contributed by atoms with E-state index < -0.39 is 22.9 Å².